The van der Waals surface area contributed by atoms with Gasteiger partial charge in [0.05, 0.1) is 0 Å². The van der Waals surface area contributed by atoms with Gasteiger partial charge in [0.15, 0.2) is 0 Å². The molecule has 0 aliphatic carbocycles. The molecule has 0 saturated heterocycles. The standard InChI is InChI=1S/C6H5Se.CH3.Cu.Li/c7-6-4-2-1-3-5-6;;;/h1-5H;1H3;;/q;-1;;+1. The van der Waals surface area contributed by atoms with E-state index < -0.39 is 0 Å². The zero-order valence-electron chi connectivity index (χ0n) is 6.10. The fraction of sp³-hybridized carbons (Fsp3) is 0. The Bertz CT molecular complexity index is 144. The molecule has 0 unspecified atom stereocenters. The van der Waals surface area contributed by atoms with Gasteiger partial charge in [0.25, 0.3) is 0 Å². The number of rotatable bonds is 0. The van der Waals surface area contributed by atoms with Gasteiger partial charge in [-0.1, -0.05) is 0 Å². The molecule has 1 aromatic carbocycles. The van der Waals surface area contributed by atoms with E-state index in [0.29, 0.717) is 0 Å². The van der Waals surface area contributed by atoms with E-state index in [-0.39, 0.29) is 43.4 Å². The normalized spacial score (nSPS) is 6.00. The number of hydrogen-bond donors (Lipinski definition) is 0. The maximum atomic E-state index is 2.90. The van der Waals surface area contributed by atoms with E-state index in [9.17, 15) is 0 Å². The Kier molecular flexibility index (Phi) is 16.8. The number of hydrogen-bond acceptors (Lipinski definition) is 0. The van der Waals surface area contributed by atoms with Crippen LogP contribution in [0.15, 0.2) is 30.3 Å². The Morgan fingerprint density at radius 3 is 1.60 bits per heavy atom. The third kappa shape index (κ3) is 6.97. The molecule has 0 heterocycles. The second-order valence-electron chi connectivity index (χ2n) is 1.31. The molecule has 0 amide bonds. The first-order chi connectivity index (χ1) is 3.39. The van der Waals surface area contributed by atoms with Gasteiger partial charge >= 0.3 is 69.7 Å². The van der Waals surface area contributed by atoms with E-state index in [4.69, 9.17) is 0 Å². The Labute approximate surface area is 93.6 Å². The molecular formula is C7H8CuLiSe. The molecule has 10 heavy (non-hydrogen) atoms. The Morgan fingerprint density at radius 1 is 1.00 bits per heavy atom. The molecule has 3 heteroatoms. The van der Waals surface area contributed by atoms with Gasteiger partial charge < -0.3 is 7.43 Å². The maximum absolute atomic E-state index is 2.90. The summed E-state index contributed by atoms with van der Waals surface area (Å²) >= 11 is 2.90. The van der Waals surface area contributed by atoms with Crippen molar-refractivity contribution in [1.29, 1.82) is 0 Å². The van der Waals surface area contributed by atoms with Crippen molar-refractivity contribution in [1.82, 2.24) is 0 Å². The molecule has 0 aromatic heterocycles. The van der Waals surface area contributed by atoms with Crippen LogP contribution in [0, 0.1) is 7.43 Å². The molecular weight excluding hydrogens is 234 g/mol. The van der Waals surface area contributed by atoms with Crippen LogP contribution in [-0.4, -0.2) is 16.0 Å². The minimum absolute atomic E-state index is 0. The Hall–Kier alpha value is 0.856. The van der Waals surface area contributed by atoms with Crippen molar-refractivity contribution < 1.29 is 35.9 Å². The van der Waals surface area contributed by atoms with Crippen LogP contribution in [0.1, 0.15) is 0 Å². The third-order valence-corrected chi connectivity index (χ3v) is 1.31. The number of benzene rings is 1. The fourth-order valence-electron chi connectivity index (χ4n) is 0.420. The zero-order valence-corrected chi connectivity index (χ0v) is 8.75. The quantitative estimate of drug-likeness (QED) is 0.362. The Morgan fingerprint density at radius 2 is 1.40 bits per heavy atom. The van der Waals surface area contributed by atoms with Crippen molar-refractivity contribution >= 4 is 20.5 Å². The van der Waals surface area contributed by atoms with E-state index in [1.165, 1.54) is 4.46 Å². The summed E-state index contributed by atoms with van der Waals surface area (Å²) < 4.78 is 1.20. The molecule has 0 spiro atoms. The molecule has 0 aliphatic heterocycles. The van der Waals surface area contributed by atoms with Crippen LogP contribution in [0.5, 0.6) is 0 Å². The molecule has 0 fully saturated rings. The first kappa shape index (κ1) is 17.1. The van der Waals surface area contributed by atoms with Crippen molar-refractivity contribution in [2.75, 3.05) is 0 Å². The molecule has 1 aromatic rings. The zero-order chi connectivity index (χ0) is 5.11. The van der Waals surface area contributed by atoms with Crippen molar-refractivity contribution in [2.24, 2.45) is 0 Å². The molecule has 0 aliphatic rings. The summed E-state index contributed by atoms with van der Waals surface area (Å²) in [6, 6.07) is 10.1. The van der Waals surface area contributed by atoms with Crippen LogP contribution in [0.25, 0.3) is 0 Å². The summed E-state index contributed by atoms with van der Waals surface area (Å²) in [6.07, 6.45) is 0. The van der Waals surface area contributed by atoms with Crippen molar-refractivity contribution in [3.63, 3.8) is 0 Å². The van der Waals surface area contributed by atoms with Gasteiger partial charge in [-0.2, -0.15) is 0 Å². The fourth-order valence-corrected chi connectivity index (χ4v) is 0.750. The second kappa shape index (κ2) is 9.86. The van der Waals surface area contributed by atoms with E-state index in [1.807, 2.05) is 30.3 Å². The average molecular weight is 242 g/mol. The molecule has 0 N–H and O–H groups in total. The molecule has 0 bridgehead atoms. The monoisotopic (exact) mass is 242 g/mol. The first-order valence-corrected chi connectivity index (χ1v) is 2.97. The molecule has 0 nitrogen and oxygen atoms in total. The molecule has 1 rings (SSSR count). The Balaban J connectivity index is -0.000000163. The van der Waals surface area contributed by atoms with Crippen LogP contribution in [0.4, 0.5) is 0 Å². The molecule has 2 radical (unpaired) electrons. The first-order valence-electron chi connectivity index (χ1n) is 2.11. The predicted octanol–water partition coefficient (Wildman–Crippen LogP) is -2.07. The van der Waals surface area contributed by atoms with Gasteiger partial charge in [-0.15, -0.1) is 0 Å². The summed E-state index contributed by atoms with van der Waals surface area (Å²) in [7, 11) is 0. The van der Waals surface area contributed by atoms with E-state index in [1.54, 1.807) is 0 Å². The molecule has 0 atom stereocenters. The van der Waals surface area contributed by atoms with Crippen molar-refractivity contribution in [3.8, 4) is 0 Å². The van der Waals surface area contributed by atoms with Crippen LogP contribution < -0.4 is 23.3 Å². The van der Waals surface area contributed by atoms with E-state index in [0.717, 1.165) is 0 Å². The van der Waals surface area contributed by atoms with E-state index in [2.05, 4.69) is 16.0 Å². The minimum atomic E-state index is 0. The van der Waals surface area contributed by atoms with Gasteiger partial charge in [-0.25, -0.2) is 0 Å². The summed E-state index contributed by atoms with van der Waals surface area (Å²) in [5.41, 5.74) is 0. The van der Waals surface area contributed by atoms with Crippen molar-refractivity contribution in [3.05, 3.63) is 37.8 Å². The van der Waals surface area contributed by atoms with Crippen LogP contribution >= 0.6 is 0 Å². The van der Waals surface area contributed by atoms with Gasteiger partial charge in [0.2, 0.25) is 0 Å². The van der Waals surface area contributed by atoms with Gasteiger partial charge in [-0.05, 0) is 0 Å². The molecule has 0 saturated carbocycles. The summed E-state index contributed by atoms with van der Waals surface area (Å²) in [5, 5.41) is 0. The SMILES string of the molecule is [CH3-].[Cu].[Li+].[Se]c1ccccc1. The summed E-state index contributed by atoms with van der Waals surface area (Å²) in [5.74, 6) is 0. The summed E-state index contributed by atoms with van der Waals surface area (Å²) in [4.78, 5) is 0. The second-order valence-corrected chi connectivity index (χ2v) is 2.30. The predicted molar refractivity (Wildman–Crippen MR) is 38.2 cm³/mol. The van der Waals surface area contributed by atoms with Crippen LogP contribution in [0.3, 0.4) is 0 Å². The van der Waals surface area contributed by atoms with Gasteiger partial charge in [-0.3, -0.25) is 0 Å². The van der Waals surface area contributed by atoms with E-state index >= 15 is 0 Å². The van der Waals surface area contributed by atoms with Crippen molar-refractivity contribution in [2.45, 2.75) is 0 Å². The molecule has 54 valence electrons. The third-order valence-electron chi connectivity index (χ3n) is 0.743. The van der Waals surface area contributed by atoms with Crippen LogP contribution in [0.2, 0.25) is 0 Å². The average Bonchev–Trinajstić information content (AvgIpc) is 1.69. The summed E-state index contributed by atoms with van der Waals surface area (Å²) in [6.45, 7) is 0. The topological polar surface area (TPSA) is 0 Å². The van der Waals surface area contributed by atoms with Gasteiger partial charge in [0.1, 0.15) is 0 Å². The van der Waals surface area contributed by atoms with Gasteiger partial charge in [0, 0.05) is 17.1 Å². The van der Waals surface area contributed by atoms with Crippen LogP contribution in [-0.2, 0) is 17.1 Å².